The summed E-state index contributed by atoms with van der Waals surface area (Å²) < 4.78 is 1.75. The van der Waals surface area contributed by atoms with Gasteiger partial charge in [0.15, 0.2) is 0 Å². The third-order valence-corrected chi connectivity index (χ3v) is 4.57. The quantitative estimate of drug-likeness (QED) is 0.883. The fourth-order valence-corrected chi connectivity index (χ4v) is 3.28. The Labute approximate surface area is 148 Å². The van der Waals surface area contributed by atoms with E-state index in [1.54, 1.807) is 15.8 Å². The Morgan fingerprint density at radius 3 is 2.72 bits per heavy atom. The Bertz CT molecular complexity index is 686. The second-order valence-corrected chi connectivity index (χ2v) is 6.74. The van der Waals surface area contributed by atoms with E-state index in [9.17, 15) is 9.90 Å². The van der Waals surface area contributed by atoms with Gasteiger partial charge in [0.25, 0.3) is 0 Å². The summed E-state index contributed by atoms with van der Waals surface area (Å²) in [5, 5.41) is 14.4. The summed E-state index contributed by atoms with van der Waals surface area (Å²) in [5.74, 6) is 0.101. The maximum Gasteiger partial charge on any atom is 0.223 e. The molecule has 134 valence electrons. The minimum absolute atomic E-state index is 0.101. The van der Waals surface area contributed by atoms with Gasteiger partial charge >= 0.3 is 0 Å². The van der Waals surface area contributed by atoms with Crippen molar-refractivity contribution in [2.24, 2.45) is 7.05 Å². The number of rotatable bonds is 5. The van der Waals surface area contributed by atoms with Gasteiger partial charge in [-0.2, -0.15) is 5.10 Å². The molecule has 0 radical (unpaired) electrons. The summed E-state index contributed by atoms with van der Waals surface area (Å²) in [6.45, 7) is 3.26. The van der Waals surface area contributed by atoms with Gasteiger partial charge in [0.1, 0.15) is 0 Å². The maximum atomic E-state index is 12.5. The SMILES string of the molecule is Cn1cc(CCC(=O)N2CCN(Cc3ccccc3)C[C@@H](O)C2)cn1. The zero-order valence-corrected chi connectivity index (χ0v) is 14.7. The highest BCUT2D eigenvalue weighted by Gasteiger charge is 2.24. The van der Waals surface area contributed by atoms with Crippen LogP contribution in [0.2, 0.25) is 0 Å². The van der Waals surface area contributed by atoms with E-state index in [1.165, 1.54) is 5.56 Å². The number of carbonyl (C=O) groups is 1. The zero-order chi connectivity index (χ0) is 17.6. The van der Waals surface area contributed by atoms with Crippen molar-refractivity contribution in [2.75, 3.05) is 26.2 Å². The number of aryl methyl sites for hydroxylation is 2. The number of benzene rings is 1. The molecule has 25 heavy (non-hydrogen) atoms. The maximum absolute atomic E-state index is 12.5. The standard InChI is InChI=1S/C19H26N4O2/c1-21-12-17(11-20-21)7-8-19(25)23-10-9-22(14-18(24)15-23)13-16-5-3-2-4-6-16/h2-6,11-12,18,24H,7-10,13-15H2,1H3/t18-/m1/s1. The van der Waals surface area contributed by atoms with Crippen molar-refractivity contribution in [1.82, 2.24) is 19.6 Å². The molecule has 1 fully saturated rings. The summed E-state index contributed by atoms with van der Waals surface area (Å²) in [4.78, 5) is 16.5. The minimum atomic E-state index is -0.506. The lowest BCUT2D eigenvalue weighted by Gasteiger charge is -2.22. The molecule has 1 aliphatic rings. The molecule has 6 nitrogen and oxygen atoms in total. The second-order valence-electron chi connectivity index (χ2n) is 6.74. The van der Waals surface area contributed by atoms with Crippen LogP contribution >= 0.6 is 0 Å². The fraction of sp³-hybridized carbons (Fsp3) is 0.474. The fourth-order valence-electron chi connectivity index (χ4n) is 3.28. The first-order valence-corrected chi connectivity index (χ1v) is 8.80. The van der Waals surface area contributed by atoms with Gasteiger partial charge in [0, 0.05) is 52.4 Å². The van der Waals surface area contributed by atoms with Crippen LogP contribution in [0.4, 0.5) is 0 Å². The van der Waals surface area contributed by atoms with Crippen molar-refractivity contribution < 1.29 is 9.90 Å². The van der Waals surface area contributed by atoms with Crippen LogP contribution in [0.1, 0.15) is 17.5 Å². The molecule has 2 heterocycles. The van der Waals surface area contributed by atoms with Crippen LogP contribution in [0.25, 0.3) is 0 Å². The minimum Gasteiger partial charge on any atom is -0.390 e. The predicted octanol–water partition coefficient (Wildman–Crippen LogP) is 1.06. The summed E-state index contributed by atoms with van der Waals surface area (Å²) >= 11 is 0. The topological polar surface area (TPSA) is 61.6 Å². The van der Waals surface area contributed by atoms with Gasteiger partial charge in [0.05, 0.1) is 12.3 Å². The number of carbonyl (C=O) groups excluding carboxylic acids is 1. The lowest BCUT2D eigenvalue weighted by atomic mass is 10.2. The van der Waals surface area contributed by atoms with Crippen molar-refractivity contribution in [1.29, 1.82) is 0 Å². The first kappa shape index (κ1) is 17.6. The molecule has 1 aliphatic heterocycles. The van der Waals surface area contributed by atoms with E-state index in [0.717, 1.165) is 18.7 Å². The van der Waals surface area contributed by atoms with Gasteiger partial charge in [-0.3, -0.25) is 14.4 Å². The van der Waals surface area contributed by atoms with Gasteiger partial charge in [-0.05, 0) is 17.5 Å². The molecule has 3 rings (SSSR count). The van der Waals surface area contributed by atoms with Gasteiger partial charge in [-0.25, -0.2) is 0 Å². The number of hydrogen-bond acceptors (Lipinski definition) is 4. The zero-order valence-electron chi connectivity index (χ0n) is 14.7. The monoisotopic (exact) mass is 342 g/mol. The average Bonchev–Trinajstić information content (AvgIpc) is 2.93. The third-order valence-electron chi connectivity index (χ3n) is 4.57. The van der Waals surface area contributed by atoms with E-state index < -0.39 is 6.10 Å². The number of nitrogens with zero attached hydrogens (tertiary/aromatic N) is 4. The molecule has 1 aromatic carbocycles. The summed E-state index contributed by atoms with van der Waals surface area (Å²) in [5.41, 5.74) is 2.29. The molecule has 1 saturated heterocycles. The number of aliphatic hydroxyl groups excluding tert-OH is 1. The Balaban J connectivity index is 1.52. The lowest BCUT2D eigenvalue weighted by Crippen LogP contribution is -2.37. The molecule has 0 spiro atoms. The van der Waals surface area contributed by atoms with Crippen LogP contribution in [-0.4, -0.2) is 62.9 Å². The third kappa shape index (κ3) is 5.14. The molecule has 0 unspecified atom stereocenters. The molecule has 1 amide bonds. The summed E-state index contributed by atoms with van der Waals surface area (Å²) in [7, 11) is 1.87. The first-order chi connectivity index (χ1) is 12.1. The summed E-state index contributed by atoms with van der Waals surface area (Å²) in [6.07, 6.45) is 4.37. The Hall–Kier alpha value is -2.18. The van der Waals surface area contributed by atoms with Crippen molar-refractivity contribution in [3.8, 4) is 0 Å². The number of aromatic nitrogens is 2. The van der Waals surface area contributed by atoms with E-state index >= 15 is 0 Å². The van der Waals surface area contributed by atoms with E-state index in [4.69, 9.17) is 0 Å². The number of amides is 1. The second kappa shape index (κ2) is 8.27. The molecule has 1 N–H and O–H groups in total. The van der Waals surface area contributed by atoms with Crippen LogP contribution in [0, 0.1) is 0 Å². The van der Waals surface area contributed by atoms with Crippen LogP contribution in [0.3, 0.4) is 0 Å². The normalized spacial score (nSPS) is 19.0. The Morgan fingerprint density at radius 2 is 2.00 bits per heavy atom. The largest absolute Gasteiger partial charge is 0.390 e. The smallest absolute Gasteiger partial charge is 0.223 e. The van der Waals surface area contributed by atoms with Crippen molar-refractivity contribution in [3.63, 3.8) is 0 Å². The first-order valence-electron chi connectivity index (χ1n) is 8.80. The van der Waals surface area contributed by atoms with Crippen molar-refractivity contribution >= 4 is 5.91 Å². The number of aliphatic hydroxyl groups is 1. The van der Waals surface area contributed by atoms with Crippen LogP contribution in [0.5, 0.6) is 0 Å². The Morgan fingerprint density at radius 1 is 1.20 bits per heavy atom. The van der Waals surface area contributed by atoms with Crippen LogP contribution in [-0.2, 0) is 24.8 Å². The summed E-state index contributed by atoms with van der Waals surface area (Å²) in [6, 6.07) is 10.2. The van der Waals surface area contributed by atoms with E-state index in [-0.39, 0.29) is 5.91 Å². The van der Waals surface area contributed by atoms with Crippen molar-refractivity contribution in [2.45, 2.75) is 25.5 Å². The predicted molar refractivity (Wildman–Crippen MR) is 95.8 cm³/mol. The average molecular weight is 342 g/mol. The molecular weight excluding hydrogens is 316 g/mol. The van der Waals surface area contributed by atoms with Crippen LogP contribution < -0.4 is 0 Å². The Kier molecular flexibility index (Phi) is 5.83. The lowest BCUT2D eigenvalue weighted by molar-refractivity contribution is -0.132. The number of β-amino-alcohol motifs (C(OH)–C–C–N with tert-alkyl or cyclic N) is 1. The van der Waals surface area contributed by atoms with Gasteiger partial charge < -0.3 is 10.0 Å². The van der Waals surface area contributed by atoms with Crippen molar-refractivity contribution in [3.05, 3.63) is 53.9 Å². The molecule has 2 aromatic rings. The molecule has 6 heteroatoms. The highest BCUT2D eigenvalue weighted by Crippen LogP contribution is 2.11. The molecular formula is C19H26N4O2. The van der Waals surface area contributed by atoms with E-state index in [1.807, 2.05) is 31.4 Å². The molecule has 1 atom stereocenters. The highest BCUT2D eigenvalue weighted by molar-refractivity contribution is 5.76. The molecule has 0 aliphatic carbocycles. The molecule has 0 bridgehead atoms. The number of hydrogen-bond donors (Lipinski definition) is 1. The van der Waals surface area contributed by atoms with Gasteiger partial charge in [0.2, 0.25) is 5.91 Å². The molecule has 1 aromatic heterocycles. The van der Waals surface area contributed by atoms with Gasteiger partial charge in [-0.15, -0.1) is 0 Å². The van der Waals surface area contributed by atoms with E-state index in [0.29, 0.717) is 32.5 Å². The van der Waals surface area contributed by atoms with Gasteiger partial charge in [-0.1, -0.05) is 30.3 Å². The van der Waals surface area contributed by atoms with Crippen LogP contribution in [0.15, 0.2) is 42.7 Å². The molecule has 0 saturated carbocycles. The highest BCUT2D eigenvalue weighted by atomic mass is 16.3. The van der Waals surface area contributed by atoms with E-state index in [2.05, 4.69) is 22.1 Å².